The van der Waals surface area contributed by atoms with E-state index in [2.05, 4.69) is 15.3 Å². The summed E-state index contributed by atoms with van der Waals surface area (Å²) in [5.74, 6) is -0.582. The monoisotopic (exact) mass is 417 g/mol. The van der Waals surface area contributed by atoms with Gasteiger partial charge in [-0.25, -0.2) is 0 Å². The number of hydrogen-bond donors (Lipinski definition) is 1. The van der Waals surface area contributed by atoms with Gasteiger partial charge in [0.15, 0.2) is 0 Å². The summed E-state index contributed by atoms with van der Waals surface area (Å²) in [6.07, 6.45) is -1.44. The van der Waals surface area contributed by atoms with Crippen LogP contribution in [0.15, 0.2) is 41.5 Å². The molecule has 1 amide bonds. The SMILES string of the molecule is Cc1ccc(C(=O)Nc2ccc(CN3CCCCC3)c(C(F)(F)F)c2)cc1N=[N+]=[N-]. The van der Waals surface area contributed by atoms with Crippen molar-refractivity contribution in [1.29, 1.82) is 0 Å². The normalized spacial score (nSPS) is 14.8. The highest BCUT2D eigenvalue weighted by Crippen LogP contribution is 2.35. The van der Waals surface area contributed by atoms with Crippen molar-refractivity contribution in [3.05, 3.63) is 69.1 Å². The first kappa shape index (κ1) is 21.7. The second kappa shape index (κ2) is 9.19. The summed E-state index contributed by atoms with van der Waals surface area (Å²) in [6.45, 7) is 3.53. The lowest BCUT2D eigenvalue weighted by molar-refractivity contribution is -0.138. The molecule has 158 valence electrons. The van der Waals surface area contributed by atoms with Crippen LogP contribution in [0.3, 0.4) is 0 Å². The molecule has 0 spiro atoms. The predicted molar refractivity (Wildman–Crippen MR) is 109 cm³/mol. The highest BCUT2D eigenvalue weighted by molar-refractivity contribution is 6.04. The van der Waals surface area contributed by atoms with E-state index in [0.29, 0.717) is 5.56 Å². The summed E-state index contributed by atoms with van der Waals surface area (Å²) in [6, 6.07) is 8.42. The van der Waals surface area contributed by atoms with E-state index in [1.165, 1.54) is 24.3 Å². The molecule has 0 unspecified atom stereocenters. The Morgan fingerprint density at radius 3 is 2.57 bits per heavy atom. The van der Waals surface area contributed by atoms with Crippen LogP contribution in [0.5, 0.6) is 0 Å². The highest BCUT2D eigenvalue weighted by Gasteiger charge is 2.34. The molecule has 6 nitrogen and oxygen atoms in total. The van der Waals surface area contributed by atoms with Gasteiger partial charge < -0.3 is 5.32 Å². The lowest BCUT2D eigenvalue weighted by Gasteiger charge is -2.27. The van der Waals surface area contributed by atoms with E-state index < -0.39 is 17.6 Å². The number of carbonyl (C=O) groups excluding carboxylic acids is 1. The van der Waals surface area contributed by atoms with E-state index in [0.717, 1.165) is 38.4 Å². The number of likely N-dealkylation sites (tertiary alicyclic amines) is 1. The van der Waals surface area contributed by atoms with Crippen LogP contribution in [0.25, 0.3) is 10.4 Å². The van der Waals surface area contributed by atoms with Crippen LogP contribution in [0.2, 0.25) is 0 Å². The Balaban J connectivity index is 1.83. The minimum Gasteiger partial charge on any atom is -0.322 e. The minimum atomic E-state index is -4.52. The van der Waals surface area contributed by atoms with Crippen LogP contribution < -0.4 is 5.32 Å². The van der Waals surface area contributed by atoms with Gasteiger partial charge in [0.05, 0.1) is 5.56 Å². The molecule has 1 aliphatic rings. The maximum absolute atomic E-state index is 13.6. The number of halogens is 3. The van der Waals surface area contributed by atoms with Crippen molar-refractivity contribution in [2.45, 2.75) is 38.9 Å². The van der Waals surface area contributed by atoms with Crippen LogP contribution in [0.1, 0.15) is 46.3 Å². The number of rotatable bonds is 5. The van der Waals surface area contributed by atoms with Gasteiger partial charge in [-0.1, -0.05) is 23.7 Å². The molecular weight excluding hydrogens is 395 g/mol. The Kier molecular flexibility index (Phi) is 6.64. The van der Waals surface area contributed by atoms with Crippen LogP contribution in [0, 0.1) is 6.92 Å². The lowest BCUT2D eigenvalue weighted by Crippen LogP contribution is -2.30. The third-order valence-electron chi connectivity index (χ3n) is 5.14. The van der Waals surface area contributed by atoms with Crippen LogP contribution in [0.4, 0.5) is 24.5 Å². The largest absolute Gasteiger partial charge is 0.416 e. The van der Waals surface area contributed by atoms with Gasteiger partial charge in [-0.15, -0.1) is 0 Å². The quantitative estimate of drug-likeness (QED) is 0.357. The summed E-state index contributed by atoms with van der Waals surface area (Å²) in [7, 11) is 0. The smallest absolute Gasteiger partial charge is 0.322 e. The molecule has 9 heteroatoms. The number of anilines is 1. The molecule has 3 rings (SSSR count). The molecule has 1 saturated heterocycles. The van der Waals surface area contributed by atoms with Crippen molar-refractivity contribution < 1.29 is 18.0 Å². The molecule has 0 aliphatic carbocycles. The summed E-state index contributed by atoms with van der Waals surface area (Å²) in [5.41, 5.74) is 9.28. The number of piperidine rings is 1. The molecule has 1 heterocycles. The number of benzene rings is 2. The highest BCUT2D eigenvalue weighted by atomic mass is 19.4. The molecule has 0 atom stereocenters. The number of aryl methyl sites for hydroxylation is 1. The first-order valence-electron chi connectivity index (χ1n) is 9.67. The lowest BCUT2D eigenvalue weighted by atomic mass is 10.0. The summed E-state index contributed by atoms with van der Waals surface area (Å²) >= 11 is 0. The Morgan fingerprint density at radius 2 is 1.90 bits per heavy atom. The molecule has 0 aromatic heterocycles. The van der Waals surface area contributed by atoms with E-state index in [1.54, 1.807) is 13.0 Å². The molecule has 30 heavy (non-hydrogen) atoms. The molecule has 2 aromatic rings. The standard InChI is InChI=1S/C21H22F3N5O/c1-14-5-6-15(11-19(14)27-28-25)20(30)26-17-8-7-16(18(12-17)21(22,23)24)13-29-9-3-2-4-10-29/h5-8,11-12H,2-4,9-10,13H2,1H3,(H,26,30). The molecule has 0 radical (unpaired) electrons. The zero-order chi connectivity index (χ0) is 21.7. The van der Waals surface area contributed by atoms with E-state index in [1.807, 2.05) is 4.90 Å². The van der Waals surface area contributed by atoms with E-state index in [4.69, 9.17) is 5.53 Å². The average Bonchev–Trinajstić information content (AvgIpc) is 2.71. The molecular formula is C21H22F3N5O. The average molecular weight is 417 g/mol. The van der Waals surface area contributed by atoms with Gasteiger partial charge in [0.1, 0.15) is 0 Å². The zero-order valence-corrected chi connectivity index (χ0v) is 16.5. The van der Waals surface area contributed by atoms with Gasteiger partial charge in [0.25, 0.3) is 5.91 Å². The van der Waals surface area contributed by atoms with Gasteiger partial charge in [0.2, 0.25) is 0 Å². The fourth-order valence-electron chi connectivity index (χ4n) is 3.52. The van der Waals surface area contributed by atoms with Crippen molar-refractivity contribution in [2.75, 3.05) is 18.4 Å². The summed E-state index contributed by atoms with van der Waals surface area (Å²) in [5, 5.41) is 6.02. The topological polar surface area (TPSA) is 81.1 Å². The van der Waals surface area contributed by atoms with Crippen molar-refractivity contribution in [3.63, 3.8) is 0 Å². The van der Waals surface area contributed by atoms with Gasteiger partial charge in [-0.2, -0.15) is 13.2 Å². The summed E-state index contributed by atoms with van der Waals surface area (Å²) < 4.78 is 40.9. The predicted octanol–water partition coefficient (Wildman–Crippen LogP) is 6.19. The van der Waals surface area contributed by atoms with Crippen molar-refractivity contribution >= 4 is 17.3 Å². The van der Waals surface area contributed by atoms with Crippen LogP contribution >= 0.6 is 0 Å². The van der Waals surface area contributed by atoms with Gasteiger partial charge in [0, 0.05) is 28.4 Å². The van der Waals surface area contributed by atoms with E-state index in [-0.39, 0.29) is 29.0 Å². The van der Waals surface area contributed by atoms with Crippen LogP contribution in [-0.4, -0.2) is 23.9 Å². The number of alkyl halides is 3. The van der Waals surface area contributed by atoms with Gasteiger partial charge in [-0.3, -0.25) is 9.69 Å². The minimum absolute atomic E-state index is 0.0561. The Hall–Kier alpha value is -3.03. The third kappa shape index (κ3) is 5.31. The number of hydrogen-bond acceptors (Lipinski definition) is 3. The van der Waals surface area contributed by atoms with Gasteiger partial charge in [-0.05, 0) is 73.8 Å². The number of nitrogens with zero attached hydrogens (tertiary/aromatic N) is 4. The number of azide groups is 1. The maximum atomic E-state index is 13.6. The fourth-order valence-corrected chi connectivity index (χ4v) is 3.52. The number of carbonyl (C=O) groups is 1. The molecule has 1 fully saturated rings. The zero-order valence-electron chi connectivity index (χ0n) is 16.5. The molecule has 0 saturated carbocycles. The Bertz CT molecular complexity index is 977. The van der Waals surface area contributed by atoms with Crippen molar-refractivity contribution in [1.82, 2.24) is 4.90 Å². The Labute approximate surface area is 172 Å². The van der Waals surface area contributed by atoms with E-state index in [9.17, 15) is 18.0 Å². The second-order valence-electron chi connectivity index (χ2n) is 7.35. The third-order valence-corrected chi connectivity index (χ3v) is 5.14. The van der Waals surface area contributed by atoms with E-state index >= 15 is 0 Å². The molecule has 1 N–H and O–H groups in total. The molecule has 0 bridgehead atoms. The fraction of sp³-hybridized carbons (Fsp3) is 0.381. The van der Waals surface area contributed by atoms with Crippen LogP contribution in [-0.2, 0) is 12.7 Å². The molecule has 1 aliphatic heterocycles. The second-order valence-corrected chi connectivity index (χ2v) is 7.35. The van der Waals surface area contributed by atoms with Crippen molar-refractivity contribution in [2.24, 2.45) is 5.11 Å². The number of amides is 1. The molecule has 2 aromatic carbocycles. The first-order chi connectivity index (χ1) is 14.3. The van der Waals surface area contributed by atoms with Crippen molar-refractivity contribution in [3.8, 4) is 0 Å². The van der Waals surface area contributed by atoms with Gasteiger partial charge >= 0.3 is 6.18 Å². The Morgan fingerprint density at radius 1 is 1.17 bits per heavy atom. The first-order valence-corrected chi connectivity index (χ1v) is 9.67. The summed E-state index contributed by atoms with van der Waals surface area (Å²) in [4.78, 5) is 17.2. The number of nitrogens with one attached hydrogen (secondary N) is 1. The maximum Gasteiger partial charge on any atom is 0.416 e.